The van der Waals surface area contributed by atoms with Crippen LogP contribution in [0, 0.1) is 5.92 Å². The lowest BCUT2D eigenvalue weighted by molar-refractivity contribution is -0.138. The summed E-state index contributed by atoms with van der Waals surface area (Å²) in [5.74, 6) is 1.58. The van der Waals surface area contributed by atoms with Gasteiger partial charge in [-0.1, -0.05) is 30.3 Å². The number of piperazine rings is 1. The van der Waals surface area contributed by atoms with E-state index in [9.17, 15) is 9.59 Å². The number of anilines is 2. The lowest BCUT2D eigenvalue weighted by atomic mass is 9.82. The van der Waals surface area contributed by atoms with E-state index in [-0.39, 0.29) is 18.2 Å². The minimum absolute atomic E-state index is 0.0588. The molecule has 9 heteroatoms. The summed E-state index contributed by atoms with van der Waals surface area (Å²) >= 11 is 0. The molecule has 0 saturated carbocycles. The molecule has 2 saturated heterocycles. The first-order chi connectivity index (χ1) is 20.0. The second-order valence-corrected chi connectivity index (χ2v) is 10.2. The van der Waals surface area contributed by atoms with Crippen LogP contribution in [0.15, 0.2) is 66.7 Å². The highest BCUT2D eigenvalue weighted by Crippen LogP contribution is 2.46. The molecule has 2 unspecified atom stereocenters. The minimum atomic E-state index is -0.524. The van der Waals surface area contributed by atoms with Crippen molar-refractivity contribution < 1.29 is 28.5 Å². The molecule has 3 aromatic rings. The molecule has 41 heavy (non-hydrogen) atoms. The number of hydrogen-bond acceptors (Lipinski definition) is 7. The quantitative estimate of drug-likeness (QED) is 0.401. The van der Waals surface area contributed by atoms with Crippen molar-refractivity contribution in [2.75, 3.05) is 64.4 Å². The second-order valence-electron chi connectivity index (χ2n) is 10.2. The van der Waals surface area contributed by atoms with E-state index in [0.717, 1.165) is 24.3 Å². The molecule has 5 rings (SSSR count). The average molecular weight is 560 g/mol. The summed E-state index contributed by atoms with van der Waals surface area (Å²) in [6.07, 6.45) is 0.720. The molecular formula is C32H37N3O6. The van der Waals surface area contributed by atoms with E-state index in [1.165, 1.54) is 0 Å². The lowest BCUT2D eigenvalue weighted by Gasteiger charge is -2.44. The summed E-state index contributed by atoms with van der Waals surface area (Å²) in [6.45, 7) is 2.76. The number of ether oxygens (including phenoxy) is 4. The van der Waals surface area contributed by atoms with E-state index in [1.807, 2.05) is 47.4 Å². The molecule has 2 heterocycles. The van der Waals surface area contributed by atoms with E-state index in [0.29, 0.717) is 48.2 Å². The van der Waals surface area contributed by atoms with Crippen LogP contribution in [0.3, 0.4) is 0 Å². The largest absolute Gasteiger partial charge is 0.497 e. The van der Waals surface area contributed by atoms with E-state index in [2.05, 4.69) is 17.0 Å². The van der Waals surface area contributed by atoms with Crippen LogP contribution in [0.2, 0.25) is 0 Å². The number of carbonyl (C=O) groups is 2. The molecule has 0 radical (unpaired) electrons. The van der Waals surface area contributed by atoms with Gasteiger partial charge in [0.2, 0.25) is 17.6 Å². The van der Waals surface area contributed by atoms with Crippen molar-refractivity contribution in [1.29, 1.82) is 0 Å². The van der Waals surface area contributed by atoms with Gasteiger partial charge in [-0.15, -0.1) is 0 Å². The normalized spacial score (nSPS) is 19.1. The maximum Gasteiger partial charge on any atom is 0.228 e. The van der Waals surface area contributed by atoms with Gasteiger partial charge in [-0.2, -0.15) is 0 Å². The second kappa shape index (κ2) is 12.4. The maximum atomic E-state index is 14.2. The molecule has 3 aromatic carbocycles. The number of nitrogens with zero attached hydrogens (tertiary/aromatic N) is 3. The van der Waals surface area contributed by atoms with Crippen LogP contribution in [-0.2, 0) is 9.59 Å². The maximum absolute atomic E-state index is 14.2. The number of rotatable bonds is 8. The van der Waals surface area contributed by atoms with Crippen LogP contribution in [0.5, 0.6) is 23.0 Å². The number of benzene rings is 3. The number of amides is 2. The van der Waals surface area contributed by atoms with Crippen molar-refractivity contribution in [2.24, 2.45) is 5.92 Å². The van der Waals surface area contributed by atoms with Crippen molar-refractivity contribution in [3.8, 4) is 23.0 Å². The first-order valence-corrected chi connectivity index (χ1v) is 13.8. The number of piperidine rings is 1. The zero-order valence-electron chi connectivity index (χ0n) is 24.0. The molecule has 9 nitrogen and oxygen atoms in total. The van der Waals surface area contributed by atoms with Gasteiger partial charge in [0, 0.05) is 50.4 Å². The fourth-order valence-electron chi connectivity index (χ4n) is 5.90. The van der Waals surface area contributed by atoms with Gasteiger partial charge >= 0.3 is 0 Å². The topological polar surface area (TPSA) is 80.8 Å². The number of methoxy groups -OCH3 is 4. The Morgan fingerprint density at radius 3 is 1.95 bits per heavy atom. The fraction of sp³-hybridized carbons (Fsp3) is 0.375. The summed E-state index contributed by atoms with van der Waals surface area (Å²) in [5.41, 5.74) is 2.60. The zero-order chi connectivity index (χ0) is 28.9. The molecule has 0 N–H and O–H groups in total. The molecule has 0 aliphatic carbocycles. The van der Waals surface area contributed by atoms with Crippen LogP contribution in [-0.4, -0.2) is 71.3 Å². The molecule has 2 aliphatic heterocycles. The highest BCUT2D eigenvalue weighted by Gasteiger charge is 2.43. The molecule has 0 bridgehead atoms. The van der Waals surface area contributed by atoms with E-state index >= 15 is 0 Å². The van der Waals surface area contributed by atoms with Crippen LogP contribution >= 0.6 is 0 Å². The Morgan fingerprint density at radius 2 is 1.39 bits per heavy atom. The number of hydrogen-bond donors (Lipinski definition) is 0. The SMILES string of the molecule is COc1ccc(C2C(C(=O)N3CCN(c4ccccc4)CC3)CCC(=O)N2c2cc(OC)c(OC)c(OC)c2)cc1. The van der Waals surface area contributed by atoms with Gasteiger partial charge in [0.1, 0.15) is 5.75 Å². The van der Waals surface area contributed by atoms with Crippen molar-refractivity contribution in [2.45, 2.75) is 18.9 Å². The third kappa shape index (κ3) is 5.62. The van der Waals surface area contributed by atoms with Gasteiger partial charge in [0.25, 0.3) is 0 Å². The third-order valence-electron chi connectivity index (χ3n) is 8.01. The van der Waals surface area contributed by atoms with Gasteiger partial charge in [-0.3, -0.25) is 9.59 Å². The number of para-hydroxylation sites is 1. The van der Waals surface area contributed by atoms with Crippen molar-refractivity contribution in [3.63, 3.8) is 0 Å². The van der Waals surface area contributed by atoms with Gasteiger partial charge < -0.3 is 33.6 Å². The summed E-state index contributed by atoms with van der Waals surface area (Å²) in [6, 6.07) is 20.9. The summed E-state index contributed by atoms with van der Waals surface area (Å²) in [7, 11) is 6.24. The standard InChI is InChI=1S/C32H37N3O6/c1-38-25-12-10-22(11-13-25)30-26(32(37)34-18-16-33(17-19-34)23-8-6-5-7-9-23)14-15-29(36)35(30)24-20-27(39-2)31(41-4)28(21-24)40-3/h5-13,20-21,26,30H,14-19H2,1-4H3. The lowest BCUT2D eigenvalue weighted by Crippen LogP contribution is -2.54. The third-order valence-corrected chi connectivity index (χ3v) is 8.01. The summed E-state index contributed by atoms with van der Waals surface area (Å²) in [4.78, 5) is 33.8. The molecule has 2 atom stereocenters. The Bertz CT molecular complexity index is 1330. The smallest absolute Gasteiger partial charge is 0.228 e. The Morgan fingerprint density at radius 1 is 0.756 bits per heavy atom. The van der Waals surface area contributed by atoms with Gasteiger partial charge in [-0.05, 0) is 36.2 Å². The molecule has 216 valence electrons. The molecule has 0 spiro atoms. The highest BCUT2D eigenvalue weighted by atomic mass is 16.5. The monoisotopic (exact) mass is 559 g/mol. The first-order valence-electron chi connectivity index (χ1n) is 13.8. The molecule has 0 aromatic heterocycles. The Labute approximate surface area is 241 Å². The van der Waals surface area contributed by atoms with Crippen LogP contribution in [0.1, 0.15) is 24.4 Å². The average Bonchev–Trinajstić information content (AvgIpc) is 3.04. The van der Waals surface area contributed by atoms with E-state index < -0.39 is 12.0 Å². The summed E-state index contributed by atoms with van der Waals surface area (Å²) < 4.78 is 22.1. The first kappa shape index (κ1) is 28.1. The predicted molar refractivity (Wildman–Crippen MR) is 157 cm³/mol. The van der Waals surface area contributed by atoms with Crippen molar-refractivity contribution >= 4 is 23.2 Å². The minimum Gasteiger partial charge on any atom is -0.497 e. The molecular weight excluding hydrogens is 522 g/mol. The fourth-order valence-corrected chi connectivity index (χ4v) is 5.90. The number of carbonyl (C=O) groups excluding carboxylic acids is 2. The van der Waals surface area contributed by atoms with E-state index in [4.69, 9.17) is 18.9 Å². The Balaban J connectivity index is 1.50. The van der Waals surface area contributed by atoms with Crippen molar-refractivity contribution in [1.82, 2.24) is 4.90 Å². The van der Waals surface area contributed by atoms with Crippen LogP contribution in [0.4, 0.5) is 11.4 Å². The van der Waals surface area contributed by atoms with Crippen LogP contribution in [0.25, 0.3) is 0 Å². The predicted octanol–water partition coefficient (Wildman–Crippen LogP) is 4.55. The Hall–Kier alpha value is -4.40. The Kier molecular flexibility index (Phi) is 8.52. The van der Waals surface area contributed by atoms with Crippen molar-refractivity contribution in [3.05, 3.63) is 72.3 Å². The van der Waals surface area contributed by atoms with E-state index in [1.54, 1.807) is 45.5 Å². The molecule has 2 amide bonds. The van der Waals surface area contributed by atoms with Gasteiger partial charge in [0.15, 0.2) is 11.5 Å². The zero-order valence-corrected chi connectivity index (χ0v) is 24.0. The highest BCUT2D eigenvalue weighted by molar-refractivity contribution is 5.98. The molecule has 2 aliphatic rings. The summed E-state index contributed by atoms with van der Waals surface area (Å²) in [5, 5.41) is 0. The molecule has 2 fully saturated rings. The van der Waals surface area contributed by atoms with Gasteiger partial charge in [0.05, 0.1) is 46.1 Å². The van der Waals surface area contributed by atoms with Crippen LogP contribution < -0.4 is 28.7 Å². The van der Waals surface area contributed by atoms with Gasteiger partial charge in [-0.25, -0.2) is 0 Å².